The summed E-state index contributed by atoms with van der Waals surface area (Å²) in [5, 5.41) is 3.39. The van der Waals surface area contributed by atoms with Gasteiger partial charge in [0, 0.05) is 39.2 Å². The average molecular weight is 353 g/mol. The van der Waals surface area contributed by atoms with Crippen molar-refractivity contribution in [2.24, 2.45) is 16.6 Å². The molecular weight excluding hydrogens is 316 g/mol. The Morgan fingerprint density at radius 1 is 1.24 bits per heavy atom. The molecule has 1 heterocycles. The molecule has 6 heteroatoms. The molecule has 0 aromatic heterocycles. The number of nitrogens with zero attached hydrogens (tertiary/aromatic N) is 2. The van der Waals surface area contributed by atoms with Crippen molar-refractivity contribution in [1.82, 2.24) is 10.2 Å². The molecule has 1 atom stereocenters. The van der Waals surface area contributed by atoms with Gasteiger partial charge in [0.25, 0.3) is 0 Å². The van der Waals surface area contributed by atoms with Crippen LogP contribution in [0.15, 0.2) is 4.99 Å². The van der Waals surface area contributed by atoms with E-state index in [1.54, 1.807) is 0 Å². The van der Waals surface area contributed by atoms with E-state index in [9.17, 15) is 4.79 Å². The van der Waals surface area contributed by atoms with Crippen LogP contribution in [0.1, 0.15) is 64.7 Å². The fraction of sp³-hybridized carbons (Fsp3) is 0.895. The first kappa shape index (κ1) is 20.0. The molecule has 2 aliphatic rings. The van der Waals surface area contributed by atoms with Gasteiger partial charge < -0.3 is 20.7 Å². The van der Waals surface area contributed by atoms with Gasteiger partial charge in [-0.2, -0.15) is 0 Å². The van der Waals surface area contributed by atoms with Crippen LogP contribution in [0.3, 0.4) is 0 Å². The van der Waals surface area contributed by atoms with Gasteiger partial charge in [-0.05, 0) is 44.9 Å². The van der Waals surface area contributed by atoms with Crippen LogP contribution < -0.4 is 11.1 Å². The number of aliphatic imine (C=N–C) groups is 1. The molecule has 0 radical (unpaired) electrons. The molecule has 6 nitrogen and oxygen atoms in total. The highest BCUT2D eigenvalue weighted by Crippen LogP contribution is 2.21. The quantitative estimate of drug-likeness (QED) is 0.399. The van der Waals surface area contributed by atoms with Crippen molar-refractivity contribution in [1.29, 1.82) is 0 Å². The maximum atomic E-state index is 11.2. The number of likely N-dealkylation sites (tertiary alicyclic amines) is 1. The third-order valence-corrected chi connectivity index (χ3v) is 5.11. The van der Waals surface area contributed by atoms with E-state index in [1.807, 2.05) is 0 Å². The normalized spacial score (nSPS) is 22.8. The van der Waals surface area contributed by atoms with E-state index in [2.05, 4.69) is 17.1 Å². The maximum absolute atomic E-state index is 11.2. The summed E-state index contributed by atoms with van der Waals surface area (Å²) < 4.78 is 5.98. The highest BCUT2D eigenvalue weighted by Gasteiger charge is 2.23. The zero-order chi connectivity index (χ0) is 17.9. The fourth-order valence-electron chi connectivity index (χ4n) is 3.87. The average Bonchev–Trinajstić information content (AvgIpc) is 2.61. The number of ether oxygens (including phenoxy) is 1. The van der Waals surface area contributed by atoms with Crippen molar-refractivity contribution < 1.29 is 9.53 Å². The molecule has 0 aromatic rings. The van der Waals surface area contributed by atoms with Crippen LogP contribution in [0.2, 0.25) is 0 Å². The zero-order valence-electron chi connectivity index (χ0n) is 15.8. The number of primary amides is 1. The molecule has 0 spiro atoms. The van der Waals surface area contributed by atoms with Crippen LogP contribution in [0.25, 0.3) is 0 Å². The predicted octanol–water partition coefficient (Wildman–Crippen LogP) is 2.28. The van der Waals surface area contributed by atoms with Gasteiger partial charge >= 0.3 is 0 Å². The van der Waals surface area contributed by atoms with Crippen LogP contribution in [-0.2, 0) is 9.53 Å². The molecule has 144 valence electrons. The first-order valence-electron chi connectivity index (χ1n) is 10.1. The summed E-state index contributed by atoms with van der Waals surface area (Å²) in [5.41, 5.74) is 5.36. The lowest BCUT2D eigenvalue weighted by molar-refractivity contribution is -0.119. The zero-order valence-corrected chi connectivity index (χ0v) is 15.8. The molecule has 1 aliphatic carbocycles. The molecule has 0 bridgehead atoms. The second-order valence-corrected chi connectivity index (χ2v) is 7.34. The Balaban J connectivity index is 1.73. The van der Waals surface area contributed by atoms with Gasteiger partial charge in [-0.25, -0.2) is 0 Å². The number of amides is 1. The Labute approximate surface area is 152 Å². The van der Waals surface area contributed by atoms with E-state index in [0.29, 0.717) is 18.4 Å². The van der Waals surface area contributed by atoms with Crippen molar-refractivity contribution >= 4 is 11.9 Å². The van der Waals surface area contributed by atoms with Crippen molar-refractivity contribution in [2.45, 2.75) is 70.8 Å². The fourth-order valence-corrected chi connectivity index (χ4v) is 3.87. The van der Waals surface area contributed by atoms with Crippen LogP contribution >= 0.6 is 0 Å². The van der Waals surface area contributed by atoms with Crippen molar-refractivity contribution in [3.8, 4) is 0 Å². The Kier molecular flexibility index (Phi) is 9.08. The molecule has 0 aromatic carbocycles. The number of hydrogen-bond donors (Lipinski definition) is 2. The smallest absolute Gasteiger partial charge is 0.217 e. The van der Waals surface area contributed by atoms with Crippen LogP contribution in [-0.4, -0.2) is 55.7 Å². The predicted molar refractivity (Wildman–Crippen MR) is 102 cm³/mol. The number of nitrogens with two attached hydrogens (primary N) is 1. The third-order valence-electron chi connectivity index (χ3n) is 5.11. The van der Waals surface area contributed by atoms with Crippen LogP contribution in [0.4, 0.5) is 0 Å². The Bertz CT molecular complexity index is 422. The summed E-state index contributed by atoms with van der Waals surface area (Å²) >= 11 is 0. The van der Waals surface area contributed by atoms with E-state index < -0.39 is 0 Å². The summed E-state index contributed by atoms with van der Waals surface area (Å²) in [5.74, 6) is 1.12. The van der Waals surface area contributed by atoms with Gasteiger partial charge in [-0.15, -0.1) is 0 Å². The molecule has 1 saturated heterocycles. The molecule has 1 saturated carbocycles. The van der Waals surface area contributed by atoms with E-state index >= 15 is 0 Å². The molecule has 2 rings (SSSR count). The molecule has 2 fully saturated rings. The standard InChI is InChI=1S/C19H36N4O2/c1-2-21-19(23-12-6-8-16(15-23)14-18(20)24)22-11-7-13-25-17-9-4-3-5-10-17/h16-17H,2-15H2,1H3,(H2,20,24)(H,21,22). The first-order valence-corrected chi connectivity index (χ1v) is 10.1. The lowest BCUT2D eigenvalue weighted by Gasteiger charge is -2.34. The number of nitrogens with one attached hydrogen (secondary N) is 1. The topological polar surface area (TPSA) is 80.0 Å². The number of carbonyl (C=O) groups is 1. The van der Waals surface area contributed by atoms with E-state index in [4.69, 9.17) is 15.5 Å². The SMILES string of the molecule is CCNC(=NCCCOC1CCCCC1)N1CCCC(CC(N)=O)C1. The Morgan fingerprint density at radius 3 is 2.76 bits per heavy atom. The number of carbonyl (C=O) groups excluding carboxylic acids is 1. The Hall–Kier alpha value is -1.30. The molecule has 3 N–H and O–H groups in total. The monoisotopic (exact) mass is 352 g/mol. The first-order chi connectivity index (χ1) is 12.2. The number of hydrogen-bond acceptors (Lipinski definition) is 3. The lowest BCUT2D eigenvalue weighted by atomic mass is 9.95. The summed E-state index contributed by atoms with van der Waals surface area (Å²) in [6.07, 6.45) is 10.5. The van der Waals surface area contributed by atoms with Gasteiger partial charge in [0.15, 0.2) is 5.96 Å². The summed E-state index contributed by atoms with van der Waals surface area (Å²) in [6.45, 7) is 6.40. The molecule has 1 aliphatic heterocycles. The third kappa shape index (κ3) is 7.63. The maximum Gasteiger partial charge on any atom is 0.217 e. The van der Waals surface area contributed by atoms with E-state index in [-0.39, 0.29) is 5.91 Å². The summed E-state index contributed by atoms with van der Waals surface area (Å²) in [7, 11) is 0. The molecule has 25 heavy (non-hydrogen) atoms. The van der Waals surface area contributed by atoms with Crippen LogP contribution in [0, 0.1) is 5.92 Å². The number of piperidine rings is 1. The van der Waals surface area contributed by atoms with Gasteiger partial charge in [0.1, 0.15) is 0 Å². The summed E-state index contributed by atoms with van der Waals surface area (Å²) in [4.78, 5) is 18.2. The van der Waals surface area contributed by atoms with Crippen molar-refractivity contribution in [3.05, 3.63) is 0 Å². The highest BCUT2D eigenvalue weighted by atomic mass is 16.5. The Morgan fingerprint density at radius 2 is 2.04 bits per heavy atom. The molecule has 1 unspecified atom stereocenters. The number of rotatable bonds is 8. The van der Waals surface area contributed by atoms with Crippen LogP contribution in [0.5, 0.6) is 0 Å². The molecule has 1 amide bonds. The van der Waals surface area contributed by atoms with E-state index in [1.165, 1.54) is 32.1 Å². The van der Waals surface area contributed by atoms with Crippen molar-refractivity contribution in [2.75, 3.05) is 32.8 Å². The van der Waals surface area contributed by atoms with E-state index in [0.717, 1.165) is 58.0 Å². The second-order valence-electron chi connectivity index (χ2n) is 7.34. The minimum absolute atomic E-state index is 0.200. The van der Waals surface area contributed by atoms with Gasteiger partial charge in [-0.1, -0.05) is 19.3 Å². The lowest BCUT2D eigenvalue weighted by Crippen LogP contribution is -2.47. The number of guanidine groups is 1. The minimum Gasteiger partial charge on any atom is -0.378 e. The second kappa shape index (κ2) is 11.3. The highest BCUT2D eigenvalue weighted by molar-refractivity contribution is 5.80. The van der Waals surface area contributed by atoms with Gasteiger partial charge in [0.2, 0.25) is 5.91 Å². The van der Waals surface area contributed by atoms with Gasteiger partial charge in [-0.3, -0.25) is 9.79 Å². The van der Waals surface area contributed by atoms with Gasteiger partial charge in [0.05, 0.1) is 6.10 Å². The summed E-state index contributed by atoms with van der Waals surface area (Å²) in [6, 6.07) is 0. The largest absolute Gasteiger partial charge is 0.378 e. The minimum atomic E-state index is -0.200. The van der Waals surface area contributed by atoms with Crippen molar-refractivity contribution in [3.63, 3.8) is 0 Å². The molecular formula is C19H36N4O2.